The number of benzene rings is 2. The van der Waals surface area contributed by atoms with Gasteiger partial charge in [0.05, 0.1) is 47.9 Å². The van der Waals surface area contributed by atoms with Gasteiger partial charge in [-0.1, -0.05) is 23.7 Å². The van der Waals surface area contributed by atoms with Gasteiger partial charge >= 0.3 is 6.55 Å². The van der Waals surface area contributed by atoms with Gasteiger partial charge in [-0.25, -0.2) is 4.98 Å². The molecule has 0 radical (unpaired) electrons. The van der Waals surface area contributed by atoms with Crippen LogP contribution in [-0.2, 0) is 9.59 Å². The second kappa shape index (κ2) is 9.46. The molecule has 2 unspecified atom stereocenters. The number of nitrogens with zero attached hydrogens (tertiary/aromatic N) is 3. The van der Waals surface area contributed by atoms with Crippen molar-refractivity contribution in [2.45, 2.75) is 25.9 Å². The fourth-order valence-electron chi connectivity index (χ4n) is 4.14. The minimum atomic E-state index is -2.82. The summed E-state index contributed by atoms with van der Waals surface area (Å²) in [7, 11) is 2.92. The molecule has 0 saturated carbocycles. The SMILES string of the molecule is COc1cc(OC)c(N2CC(C(=O)NC(C)c3nc4ccccc4n3C(F)F)CC2=O)cc1Cl. The number of fused-ring (bicyclic) bond motifs is 1. The number of methoxy groups -OCH3 is 2. The number of nitrogens with one attached hydrogen (secondary N) is 1. The van der Waals surface area contributed by atoms with Crippen molar-refractivity contribution >= 4 is 40.1 Å². The van der Waals surface area contributed by atoms with Crippen molar-refractivity contribution in [2.24, 2.45) is 5.92 Å². The number of anilines is 1. The van der Waals surface area contributed by atoms with Crippen LogP contribution in [0.5, 0.6) is 11.5 Å². The fourth-order valence-corrected chi connectivity index (χ4v) is 4.38. The summed E-state index contributed by atoms with van der Waals surface area (Å²) >= 11 is 6.23. The van der Waals surface area contributed by atoms with Crippen molar-refractivity contribution in [3.8, 4) is 11.5 Å². The quantitative estimate of drug-likeness (QED) is 0.530. The molecule has 0 aliphatic carbocycles. The number of aromatic nitrogens is 2. The number of hydrogen-bond donors (Lipinski definition) is 1. The number of imidazole rings is 1. The van der Waals surface area contributed by atoms with Gasteiger partial charge in [-0.3, -0.25) is 14.2 Å². The Hall–Kier alpha value is -3.40. The largest absolute Gasteiger partial charge is 0.495 e. The zero-order valence-electron chi connectivity index (χ0n) is 18.7. The first-order valence-electron chi connectivity index (χ1n) is 10.5. The molecule has 2 aromatic carbocycles. The summed E-state index contributed by atoms with van der Waals surface area (Å²) in [5.41, 5.74) is 1.10. The number of amides is 2. The van der Waals surface area contributed by atoms with E-state index in [9.17, 15) is 18.4 Å². The summed E-state index contributed by atoms with van der Waals surface area (Å²) < 4.78 is 38.9. The van der Waals surface area contributed by atoms with Crippen LogP contribution < -0.4 is 19.7 Å². The third kappa shape index (κ3) is 4.25. The first-order valence-corrected chi connectivity index (χ1v) is 10.9. The molecule has 8 nitrogen and oxygen atoms in total. The van der Waals surface area contributed by atoms with E-state index in [2.05, 4.69) is 10.3 Å². The second-order valence-corrected chi connectivity index (χ2v) is 8.31. The van der Waals surface area contributed by atoms with Crippen molar-refractivity contribution in [1.29, 1.82) is 0 Å². The summed E-state index contributed by atoms with van der Waals surface area (Å²) in [4.78, 5) is 31.4. The lowest BCUT2D eigenvalue weighted by molar-refractivity contribution is -0.127. The summed E-state index contributed by atoms with van der Waals surface area (Å²) in [5.74, 6) is -0.616. The molecule has 180 valence electrons. The molecule has 4 rings (SSSR count). The third-order valence-corrected chi connectivity index (χ3v) is 6.10. The Morgan fingerprint density at radius 2 is 1.91 bits per heavy atom. The van der Waals surface area contributed by atoms with Crippen LogP contribution >= 0.6 is 11.6 Å². The number of ether oxygens (including phenoxy) is 2. The van der Waals surface area contributed by atoms with Gasteiger partial charge in [0.2, 0.25) is 11.8 Å². The molecule has 1 aromatic heterocycles. The Labute approximate surface area is 199 Å². The van der Waals surface area contributed by atoms with E-state index in [1.165, 1.54) is 19.1 Å². The zero-order valence-corrected chi connectivity index (χ0v) is 19.5. The summed E-state index contributed by atoms with van der Waals surface area (Å²) in [6, 6.07) is 8.84. The molecule has 2 amide bonds. The van der Waals surface area contributed by atoms with E-state index in [1.54, 1.807) is 43.3 Å². The van der Waals surface area contributed by atoms with Gasteiger partial charge in [0.1, 0.15) is 17.3 Å². The predicted molar refractivity (Wildman–Crippen MR) is 123 cm³/mol. The number of rotatable bonds is 7. The van der Waals surface area contributed by atoms with Crippen LogP contribution in [0, 0.1) is 5.92 Å². The predicted octanol–water partition coefficient (Wildman–Crippen LogP) is 4.33. The van der Waals surface area contributed by atoms with E-state index in [0.29, 0.717) is 27.7 Å². The van der Waals surface area contributed by atoms with Crippen LogP contribution in [0.3, 0.4) is 0 Å². The molecule has 11 heteroatoms. The lowest BCUT2D eigenvalue weighted by Crippen LogP contribution is -2.35. The number of alkyl halides is 2. The lowest BCUT2D eigenvalue weighted by atomic mass is 10.1. The monoisotopic (exact) mass is 492 g/mol. The first kappa shape index (κ1) is 23.7. The topological polar surface area (TPSA) is 85.7 Å². The highest BCUT2D eigenvalue weighted by Crippen LogP contribution is 2.40. The molecular formula is C23H23ClF2N4O4. The van der Waals surface area contributed by atoms with Crippen molar-refractivity contribution in [2.75, 3.05) is 25.7 Å². The van der Waals surface area contributed by atoms with E-state index in [1.807, 2.05) is 0 Å². The summed E-state index contributed by atoms with van der Waals surface area (Å²) in [6.07, 6.45) is -0.0450. The Bertz CT molecular complexity index is 1250. The Balaban J connectivity index is 1.54. The molecule has 1 N–H and O–H groups in total. The molecule has 1 fully saturated rings. The maximum absolute atomic E-state index is 13.8. The van der Waals surface area contributed by atoms with Crippen LogP contribution in [0.2, 0.25) is 5.02 Å². The molecule has 34 heavy (non-hydrogen) atoms. The molecular weight excluding hydrogens is 470 g/mol. The van der Waals surface area contributed by atoms with E-state index in [4.69, 9.17) is 21.1 Å². The number of carbonyl (C=O) groups excluding carboxylic acids is 2. The molecule has 1 saturated heterocycles. The minimum Gasteiger partial charge on any atom is -0.495 e. The number of hydrogen-bond acceptors (Lipinski definition) is 5. The summed E-state index contributed by atoms with van der Waals surface area (Å²) in [5, 5.41) is 3.02. The Morgan fingerprint density at radius 1 is 1.21 bits per heavy atom. The summed E-state index contributed by atoms with van der Waals surface area (Å²) in [6.45, 7) is -1.15. The average Bonchev–Trinajstić information content (AvgIpc) is 3.39. The molecule has 1 aliphatic heterocycles. The van der Waals surface area contributed by atoms with Gasteiger partial charge < -0.3 is 19.7 Å². The van der Waals surface area contributed by atoms with E-state index in [0.717, 1.165) is 4.57 Å². The number of carbonyl (C=O) groups is 2. The molecule has 3 aromatic rings. The lowest BCUT2D eigenvalue weighted by Gasteiger charge is -2.21. The first-order chi connectivity index (χ1) is 16.2. The standard InChI is InChI=1S/C23H23ClF2N4O4/c1-12(21-28-15-6-4-5-7-16(15)30(21)23(25)26)27-22(32)13-8-20(31)29(11-13)17-9-14(24)18(33-2)10-19(17)34-3/h4-7,9-10,12-13,23H,8,11H2,1-3H3,(H,27,32). The van der Waals surface area contributed by atoms with Gasteiger partial charge in [-0.15, -0.1) is 0 Å². The van der Waals surface area contributed by atoms with Crippen molar-refractivity contribution in [1.82, 2.24) is 14.9 Å². The van der Waals surface area contributed by atoms with Gasteiger partial charge in [0.25, 0.3) is 0 Å². The number of halogens is 3. The fraction of sp³-hybridized carbons (Fsp3) is 0.348. The molecule has 0 bridgehead atoms. The van der Waals surface area contributed by atoms with Gasteiger partial charge in [0, 0.05) is 19.0 Å². The third-order valence-electron chi connectivity index (χ3n) is 5.80. The highest BCUT2D eigenvalue weighted by molar-refractivity contribution is 6.32. The normalized spacial score (nSPS) is 16.9. The average molecular weight is 493 g/mol. The van der Waals surface area contributed by atoms with Crippen molar-refractivity contribution in [3.63, 3.8) is 0 Å². The molecule has 0 spiro atoms. The maximum Gasteiger partial charge on any atom is 0.320 e. The molecule has 2 heterocycles. The van der Waals surface area contributed by atoms with Crippen LogP contribution in [0.1, 0.15) is 31.8 Å². The second-order valence-electron chi connectivity index (χ2n) is 7.90. The van der Waals surface area contributed by atoms with Crippen molar-refractivity contribution < 1.29 is 27.8 Å². The van der Waals surface area contributed by atoms with Crippen LogP contribution in [-0.4, -0.2) is 42.1 Å². The van der Waals surface area contributed by atoms with Gasteiger partial charge in [-0.2, -0.15) is 8.78 Å². The smallest absolute Gasteiger partial charge is 0.320 e. The van der Waals surface area contributed by atoms with E-state index >= 15 is 0 Å². The highest BCUT2D eigenvalue weighted by Gasteiger charge is 2.37. The van der Waals surface area contributed by atoms with Crippen LogP contribution in [0.25, 0.3) is 11.0 Å². The van der Waals surface area contributed by atoms with Gasteiger partial charge in [-0.05, 0) is 25.1 Å². The van der Waals surface area contributed by atoms with E-state index < -0.39 is 24.4 Å². The highest BCUT2D eigenvalue weighted by atomic mass is 35.5. The number of para-hydroxylation sites is 2. The minimum absolute atomic E-state index is 0.0364. The van der Waals surface area contributed by atoms with Gasteiger partial charge in [0.15, 0.2) is 0 Å². The van der Waals surface area contributed by atoms with Crippen molar-refractivity contribution in [3.05, 3.63) is 47.2 Å². The van der Waals surface area contributed by atoms with Crippen LogP contribution in [0.15, 0.2) is 36.4 Å². The molecule has 1 aliphatic rings. The van der Waals surface area contributed by atoms with E-state index in [-0.39, 0.29) is 30.2 Å². The zero-order chi connectivity index (χ0) is 24.6. The maximum atomic E-state index is 13.8. The molecule has 2 atom stereocenters. The van der Waals surface area contributed by atoms with Crippen LogP contribution in [0.4, 0.5) is 14.5 Å². The Morgan fingerprint density at radius 3 is 2.59 bits per heavy atom. The Kier molecular flexibility index (Phi) is 6.60.